The van der Waals surface area contributed by atoms with Gasteiger partial charge in [-0.25, -0.2) is 0 Å². The van der Waals surface area contributed by atoms with Crippen LogP contribution in [-0.4, -0.2) is 47.2 Å². The molecule has 1 aromatic carbocycles. The average Bonchev–Trinajstić information content (AvgIpc) is 2.41. The van der Waals surface area contributed by atoms with Crippen LogP contribution in [0, 0.1) is 0 Å². The number of carbonyl (C=O) groups excluding carboxylic acids is 1. The number of likely N-dealkylation sites (tertiary alicyclic amines) is 1. The first kappa shape index (κ1) is 12.7. The van der Waals surface area contributed by atoms with E-state index in [2.05, 4.69) is 5.32 Å². The van der Waals surface area contributed by atoms with Crippen LogP contribution in [0.25, 0.3) is 0 Å². The van der Waals surface area contributed by atoms with Crippen molar-refractivity contribution < 1.29 is 15.0 Å². The normalized spacial score (nSPS) is 16.8. The summed E-state index contributed by atoms with van der Waals surface area (Å²) in [6.07, 6.45) is 1.81. The van der Waals surface area contributed by atoms with Crippen LogP contribution in [0.3, 0.4) is 0 Å². The van der Waals surface area contributed by atoms with Crippen LogP contribution in [-0.2, 0) is 0 Å². The van der Waals surface area contributed by atoms with Gasteiger partial charge >= 0.3 is 0 Å². The van der Waals surface area contributed by atoms with E-state index in [9.17, 15) is 15.0 Å². The molecule has 0 unspecified atom stereocenters. The number of phenols is 2. The van der Waals surface area contributed by atoms with E-state index in [0.717, 1.165) is 12.8 Å². The second-order valence-electron chi connectivity index (χ2n) is 4.56. The van der Waals surface area contributed by atoms with Crippen LogP contribution in [0.4, 0.5) is 0 Å². The molecule has 0 aliphatic carbocycles. The van der Waals surface area contributed by atoms with Crippen LogP contribution >= 0.6 is 0 Å². The standard InChI is InChI=1S/C13H18N2O3/c1-14-9-4-6-15(7-5-9)13(18)11-8-10(16)2-3-12(11)17/h2-3,8-9,14,16-17H,4-7H2,1H3. The maximum Gasteiger partial charge on any atom is 0.257 e. The fourth-order valence-corrected chi connectivity index (χ4v) is 2.24. The summed E-state index contributed by atoms with van der Waals surface area (Å²) in [5, 5.41) is 22.2. The molecule has 98 valence electrons. The SMILES string of the molecule is CNC1CCN(C(=O)c2cc(O)ccc2O)CC1. The molecule has 0 aromatic heterocycles. The third kappa shape index (κ3) is 2.56. The highest BCUT2D eigenvalue weighted by Gasteiger charge is 2.24. The smallest absolute Gasteiger partial charge is 0.257 e. The molecule has 1 amide bonds. The molecule has 1 aromatic rings. The summed E-state index contributed by atoms with van der Waals surface area (Å²) in [6.45, 7) is 1.33. The zero-order valence-corrected chi connectivity index (χ0v) is 10.4. The molecule has 1 aliphatic heterocycles. The zero-order valence-electron chi connectivity index (χ0n) is 10.4. The molecule has 1 heterocycles. The lowest BCUT2D eigenvalue weighted by Gasteiger charge is -2.32. The number of hydrogen-bond acceptors (Lipinski definition) is 4. The van der Waals surface area contributed by atoms with Crippen molar-refractivity contribution in [2.45, 2.75) is 18.9 Å². The number of phenolic OH excluding ortho intramolecular Hbond substituents is 2. The van der Waals surface area contributed by atoms with Gasteiger partial charge in [-0.15, -0.1) is 0 Å². The van der Waals surface area contributed by atoms with E-state index in [0.29, 0.717) is 19.1 Å². The Hall–Kier alpha value is -1.75. The highest BCUT2D eigenvalue weighted by Crippen LogP contribution is 2.24. The summed E-state index contributed by atoms with van der Waals surface area (Å²) in [5.41, 5.74) is 0.165. The van der Waals surface area contributed by atoms with E-state index in [1.54, 1.807) is 4.90 Å². The summed E-state index contributed by atoms with van der Waals surface area (Å²) in [7, 11) is 1.92. The van der Waals surface area contributed by atoms with Gasteiger partial charge in [0.15, 0.2) is 0 Å². The molecule has 1 fully saturated rings. The van der Waals surface area contributed by atoms with Gasteiger partial charge in [-0.05, 0) is 38.1 Å². The summed E-state index contributed by atoms with van der Waals surface area (Å²) in [6, 6.07) is 4.45. The number of nitrogens with zero attached hydrogens (tertiary/aromatic N) is 1. The highest BCUT2D eigenvalue weighted by molar-refractivity contribution is 5.97. The third-order valence-corrected chi connectivity index (χ3v) is 3.40. The number of piperidine rings is 1. The van der Waals surface area contributed by atoms with Crippen LogP contribution in [0.5, 0.6) is 11.5 Å². The van der Waals surface area contributed by atoms with E-state index in [4.69, 9.17) is 0 Å². The maximum absolute atomic E-state index is 12.2. The van der Waals surface area contributed by atoms with Crippen molar-refractivity contribution in [3.63, 3.8) is 0 Å². The summed E-state index contributed by atoms with van der Waals surface area (Å²) in [4.78, 5) is 13.9. The van der Waals surface area contributed by atoms with Crippen molar-refractivity contribution >= 4 is 5.91 Å². The van der Waals surface area contributed by atoms with Crippen molar-refractivity contribution in [3.8, 4) is 11.5 Å². The van der Waals surface area contributed by atoms with Gasteiger partial charge in [0.1, 0.15) is 11.5 Å². The average molecular weight is 250 g/mol. The number of amides is 1. The summed E-state index contributed by atoms with van der Waals surface area (Å²) in [5.74, 6) is -0.326. The minimum atomic E-state index is -0.224. The van der Waals surface area contributed by atoms with Crippen molar-refractivity contribution in [2.75, 3.05) is 20.1 Å². The quantitative estimate of drug-likeness (QED) is 0.682. The molecule has 1 aliphatic rings. The lowest BCUT2D eigenvalue weighted by atomic mass is 10.0. The Labute approximate surface area is 106 Å². The number of carbonyl (C=O) groups is 1. The second-order valence-corrected chi connectivity index (χ2v) is 4.56. The Kier molecular flexibility index (Phi) is 3.72. The topological polar surface area (TPSA) is 72.8 Å². The molecule has 0 radical (unpaired) electrons. The minimum absolute atomic E-state index is 0.0127. The van der Waals surface area contributed by atoms with Crippen LogP contribution in [0.15, 0.2) is 18.2 Å². The predicted molar refractivity (Wildman–Crippen MR) is 67.8 cm³/mol. The van der Waals surface area contributed by atoms with Crippen LogP contribution in [0.1, 0.15) is 23.2 Å². The molecule has 3 N–H and O–H groups in total. The first-order chi connectivity index (χ1) is 8.61. The van der Waals surface area contributed by atoms with E-state index in [1.807, 2.05) is 7.05 Å². The van der Waals surface area contributed by atoms with Gasteiger partial charge in [0.2, 0.25) is 0 Å². The Bertz CT molecular complexity index is 440. The molecule has 0 spiro atoms. The van der Waals surface area contributed by atoms with Crippen LogP contribution < -0.4 is 5.32 Å². The largest absolute Gasteiger partial charge is 0.508 e. The van der Waals surface area contributed by atoms with Crippen molar-refractivity contribution in [1.29, 1.82) is 0 Å². The third-order valence-electron chi connectivity index (χ3n) is 3.40. The molecule has 18 heavy (non-hydrogen) atoms. The molecular formula is C13H18N2O3. The maximum atomic E-state index is 12.2. The van der Waals surface area contributed by atoms with E-state index >= 15 is 0 Å². The number of nitrogens with one attached hydrogen (secondary N) is 1. The predicted octanol–water partition coefficient (Wildman–Crippen LogP) is 0.922. The number of rotatable bonds is 2. The fourth-order valence-electron chi connectivity index (χ4n) is 2.24. The van der Waals surface area contributed by atoms with Crippen molar-refractivity contribution in [2.24, 2.45) is 0 Å². The van der Waals surface area contributed by atoms with Gasteiger partial charge in [-0.2, -0.15) is 0 Å². The number of aromatic hydroxyl groups is 2. The van der Waals surface area contributed by atoms with Gasteiger partial charge in [0, 0.05) is 19.1 Å². The van der Waals surface area contributed by atoms with E-state index in [-0.39, 0.29) is 23.0 Å². The molecule has 2 rings (SSSR count). The Morgan fingerprint density at radius 3 is 2.61 bits per heavy atom. The van der Waals surface area contributed by atoms with E-state index < -0.39 is 0 Å². The molecule has 1 saturated heterocycles. The lowest BCUT2D eigenvalue weighted by molar-refractivity contribution is 0.0704. The Balaban J connectivity index is 2.10. The fraction of sp³-hybridized carbons (Fsp3) is 0.462. The first-order valence-corrected chi connectivity index (χ1v) is 6.10. The molecule has 0 saturated carbocycles. The van der Waals surface area contributed by atoms with Gasteiger partial charge in [-0.1, -0.05) is 0 Å². The van der Waals surface area contributed by atoms with Crippen LogP contribution in [0.2, 0.25) is 0 Å². The number of hydrogen-bond donors (Lipinski definition) is 3. The molecular weight excluding hydrogens is 232 g/mol. The summed E-state index contributed by atoms with van der Waals surface area (Å²) < 4.78 is 0. The Morgan fingerprint density at radius 1 is 1.33 bits per heavy atom. The first-order valence-electron chi connectivity index (χ1n) is 6.10. The zero-order chi connectivity index (χ0) is 13.1. The molecule has 5 nitrogen and oxygen atoms in total. The van der Waals surface area contributed by atoms with Gasteiger partial charge in [-0.3, -0.25) is 4.79 Å². The molecule has 0 atom stereocenters. The minimum Gasteiger partial charge on any atom is -0.508 e. The number of benzene rings is 1. The van der Waals surface area contributed by atoms with Gasteiger partial charge in [0.05, 0.1) is 5.56 Å². The molecule has 5 heteroatoms. The van der Waals surface area contributed by atoms with Gasteiger partial charge in [0.25, 0.3) is 5.91 Å². The van der Waals surface area contributed by atoms with E-state index in [1.165, 1.54) is 18.2 Å². The van der Waals surface area contributed by atoms with Crippen molar-refractivity contribution in [3.05, 3.63) is 23.8 Å². The second kappa shape index (κ2) is 5.27. The lowest BCUT2D eigenvalue weighted by Crippen LogP contribution is -2.43. The molecule has 0 bridgehead atoms. The highest BCUT2D eigenvalue weighted by atomic mass is 16.3. The summed E-state index contributed by atoms with van der Waals surface area (Å²) >= 11 is 0. The van der Waals surface area contributed by atoms with Crippen molar-refractivity contribution in [1.82, 2.24) is 10.2 Å². The van der Waals surface area contributed by atoms with Gasteiger partial charge < -0.3 is 20.4 Å². The Morgan fingerprint density at radius 2 is 2.00 bits per heavy atom. The monoisotopic (exact) mass is 250 g/mol.